The number of hydrogen-bond donors (Lipinski definition) is 0. The molecule has 0 aliphatic rings. The molecule has 0 nitrogen and oxygen atoms in total. The van der Waals surface area contributed by atoms with E-state index in [0.29, 0.717) is 0 Å². The maximum atomic E-state index is 2.39. The third-order valence-electron chi connectivity index (χ3n) is 17.1. The lowest BCUT2D eigenvalue weighted by Crippen LogP contribution is -1.94. The fourth-order valence-electron chi connectivity index (χ4n) is 13.4. The quantitative estimate of drug-likeness (QED) is 0.140. The van der Waals surface area contributed by atoms with E-state index in [0.717, 1.165) is 0 Å². The van der Waals surface area contributed by atoms with E-state index in [9.17, 15) is 0 Å². The Balaban J connectivity index is 0.824. The molecule has 0 bridgehead atoms. The van der Waals surface area contributed by atoms with Crippen molar-refractivity contribution >= 4 is 86.2 Å². The highest BCUT2D eigenvalue weighted by Gasteiger charge is 2.22. The van der Waals surface area contributed by atoms with E-state index in [1.165, 1.54) is 164 Å². The van der Waals surface area contributed by atoms with Gasteiger partial charge in [0.25, 0.3) is 0 Å². The lowest BCUT2D eigenvalue weighted by molar-refractivity contribution is 1.63. The Morgan fingerprint density at radius 2 is 0.350 bits per heavy atom. The van der Waals surface area contributed by atoms with E-state index >= 15 is 0 Å². The smallest absolute Gasteiger partial charge is 0.00201 e. The van der Waals surface area contributed by atoms with E-state index < -0.39 is 0 Å². The highest BCUT2D eigenvalue weighted by Crippen LogP contribution is 2.50. The monoisotopic (exact) mass is 1010 g/mol. The predicted molar refractivity (Wildman–Crippen MR) is 345 cm³/mol. The van der Waals surface area contributed by atoms with Crippen LogP contribution in [-0.4, -0.2) is 0 Å². The van der Waals surface area contributed by atoms with Gasteiger partial charge in [0.2, 0.25) is 0 Å². The molecule has 0 fully saturated rings. The Hall–Kier alpha value is -10.4. The summed E-state index contributed by atoms with van der Waals surface area (Å²) >= 11 is 0. The first kappa shape index (κ1) is 45.8. The van der Waals surface area contributed by atoms with Gasteiger partial charge in [0.1, 0.15) is 0 Å². The van der Waals surface area contributed by atoms with Crippen LogP contribution in [0.15, 0.2) is 303 Å². The van der Waals surface area contributed by atoms with E-state index in [4.69, 9.17) is 0 Å². The van der Waals surface area contributed by atoms with Crippen LogP contribution in [0.25, 0.3) is 164 Å². The predicted octanol–water partition coefficient (Wildman–Crippen LogP) is 22.6. The SMILES string of the molecule is c1ccc2cc(-c3ccc(-c4c5ccccc5c(-c5ccc(-c6ccc(-c7c8ccccc8c(-c8ccc(-c9ccc%10ccccc%10c9)cc8)c8ccccc78)c7ccccc67)c6ccccc56)c5ccccc45)cc3)ccc2c1. The van der Waals surface area contributed by atoms with Crippen LogP contribution in [0.2, 0.25) is 0 Å². The van der Waals surface area contributed by atoms with E-state index in [1.807, 2.05) is 0 Å². The molecule has 16 aromatic carbocycles. The van der Waals surface area contributed by atoms with Crippen molar-refractivity contribution in [3.8, 4) is 77.9 Å². The standard InChI is InChI=1S/C80H50/c1-3-19-57-49-59(43-37-51(57)17-1)53-33-39-55(40-34-53)77-67-25-9-13-29-71(67)79(72-30-14-10-26-68(72)77)75-47-45-65(61-21-5-7-23-63(61)75)66-46-48-76(64-24-8-6-22-62(64)66)80-73-31-15-11-27-69(73)78(70-28-12-16-32-74(70)80)56-41-35-54(36-42-56)60-44-38-52-18-2-4-20-58(52)50-60/h1-50H. The summed E-state index contributed by atoms with van der Waals surface area (Å²) in [5.41, 5.74) is 17.3. The summed E-state index contributed by atoms with van der Waals surface area (Å²) in [5.74, 6) is 0. The summed E-state index contributed by atoms with van der Waals surface area (Å²) in [4.78, 5) is 0. The van der Waals surface area contributed by atoms with Crippen LogP contribution in [-0.2, 0) is 0 Å². The van der Waals surface area contributed by atoms with Crippen LogP contribution < -0.4 is 0 Å². The molecule has 0 saturated heterocycles. The van der Waals surface area contributed by atoms with Gasteiger partial charge in [-0.2, -0.15) is 0 Å². The molecule has 0 aromatic heterocycles. The molecule has 0 aliphatic carbocycles. The fraction of sp³-hybridized carbons (Fsp3) is 0. The first-order valence-corrected chi connectivity index (χ1v) is 27.8. The molecular weight excluding hydrogens is 961 g/mol. The van der Waals surface area contributed by atoms with Gasteiger partial charge in [-0.3, -0.25) is 0 Å². The molecule has 0 heterocycles. The third kappa shape index (κ3) is 7.38. The largest absolute Gasteiger partial charge is 0.0616 e. The van der Waals surface area contributed by atoms with Crippen molar-refractivity contribution in [3.63, 3.8) is 0 Å². The lowest BCUT2D eigenvalue weighted by atomic mass is 9.82. The van der Waals surface area contributed by atoms with Crippen molar-refractivity contribution in [2.45, 2.75) is 0 Å². The molecule has 0 aliphatic heterocycles. The lowest BCUT2D eigenvalue weighted by Gasteiger charge is -2.21. The van der Waals surface area contributed by atoms with Crippen molar-refractivity contribution < 1.29 is 0 Å². The molecule has 0 N–H and O–H groups in total. The van der Waals surface area contributed by atoms with Crippen molar-refractivity contribution in [2.24, 2.45) is 0 Å². The van der Waals surface area contributed by atoms with Gasteiger partial charge in [-0.05, 0) is 176 Å². The Kier molecular flexibility index (Phi) is 10.7. The number of hydrogen-bond acceptors (Lipinski definition) is 0. The van der Waals surface area contributed by atoms with Crippen LogP contribution in [0.1, 0.15) is 0 Å². The molecule has 0 saturated carbocycles. The second-order valence-corrected chi connectivity index (χ2v) is 21.4. The minimum absolute atomic E-state index is 1.21. The molecule has 370 valence electrons. The maximum Gasteiger partial charge on any atom is -0.00201 e. The van der Waals surface area contributed by atoms with Crippen LogP contribution in [0.5, 0.6) is 0 Å². The molecule has 0 spiro atoms. The fourth-order valence-corrected chi connectivity index (χ4v) is 13.4. The third-order valence-corrected chi connectivity index (χ3v) is 17.1. The van der Waals surface area contributed by atoms with Gasteiger partial charge in [0.05, 0.1) is 0 Å². The zero-order valence-corrected chi connectivity index (χ0v) is 43.9. The number of benzene rings is 16. The summed E-state index contributed by atoms with van der Waals surface area (Å²) in [6, 6.07) is 113. The van der Waals surface area contributed by atoms with E-state index in [1.54, 1.807) is 0 Å². The second kappa shape index (κ2) is 18.7. The van der Waals surface area contributed by atoms with Crippen molar-refractivity contribution in [1.82, 2.24) is 0 Å². The molecule has 16 rings (SSSR count). The average Bonchev–Trinajstić information content (AvgIpc) is 3.67. The van der Waals surface area contributed by atoms with Gasteiger partial charge < -0.3 is 0 Å². The van der Waals surface area contributed by atoms with Crippen LogP contribution in [0.4, 0.5) is 0 Å². The summed E-state index contributed by atoms with van der Waals surface area (Å²) < 4.78 is 0. The maximum absolute atomic E-state index is 2.39. The molecule has 0 unspecified atom stereocenters. The minimum atomic E-state index is 1.21. The zero-order chi connectivity index (χ0) is 52.7. The van der Waals surface area contributed by atoms with Crippen LogP contribution >= 0.6 is 0 Å². The topological polar surface area (TPSA) is 0 Å². The normalized spacial score (nSPS) is 11.8. The Morgan fingerprint density at radius 3 is 0.675 bits per heavy atom. The van der Waals surface area contributed by atoms with Gasteiger partial charge in [-0.15, -0.1) is 0 Å². The van der Waals surface area contributed by atoms with Crippen LogP contribution in [0.3, 0.4) is 0 Å². The second-order valence-electron chi connectivity index (χ2n) is 21.4. The van der Waals surface area contributed by atoms with E-state index in [2.05, 4.69) is 303 Å². The van der Waals surface area contributed by atoms with Gasteiger partial charge in [0.15, 0.2) is 0 Å². The molecule has 0 heteroatoms. The molecule has 0 atom stereocenters. The first-order valence-electron chi connectivity index (χ1n) is 27.8. The number of rotatable bonds is 7. The molecule has 0 amide bonds. The Bertz CT molecular complexity index is 4710. The summed E-state index contributed by atoms with van der Waals surface area (Å²) in [6.07, 6.45) is 0. The molecule has 16 aromatic rings. The van der Waals surface area contributed by atoms with Crippen molar-refractivity contribution in [3.05, 3.63) is 303 Å². The molecule has 0 radical (unpaired) electrons. The summed E-state index contributed by atoms with van der Waals surface area (Å²) in [5, 5.41) is 19.9. The van der Waals surface area contributed by atoms with Gasteiger partial charge in [-0.25, -0.2) is 0 Å². The van der Waals surface area contributed by atoms with Crippen molar-refractivity contribution in [1.29, 1.82) is 0 Å². The van der Waals surface area contributed by atoms with E-state index in [-0.39, 0.29) is 0 Å². The average molecular weight is 1010 g/mol. The first-order chi connectivity index (χ1) is 39.7. The summed E-state index contributed by atoms with van der Waals surface area (Å²) in [7, 11) is 0. The summed E-state index contributed by atoms with van der Waals surface area (Å²) in [6.45, 7) is 0. The van der Waals surface area contributed by atoms with Gasteiger partial charge >= 0.3 is 0 Å². The number of fused-ring (bicyclic) bond motifs is 8. The van der Waals surface area contributed by atoms with Crippen molar-refractivity contribution in [2.75, 3.05) is 0 Å². The highest BCUT2D eigenvalue weighted by molar-refractivity contribution is 6.27. The van der Waals surface area contributed by atoms with Gasteiger partial charge in [-0.1, -0.05) is 291 Å². The minimum Gasteiger partial charge on any atom is -0.0616 e. The van der Waals surface area contributed by atoms with Gasteiger partial charge in [0, 0.05) is 0 Å². The Morgan fingerprint density at radius 1 is 0.125 bits per heavy atom. The van der Waals surface area contributed by atoms with Crippen LogP contribution in [0, 0.1) is 0 Å². The highest BCUT2D eigenvalue weighted by atomic mass is 14.3. The molecule has 80 heavy (non-hydrogen) atoms. The zero-order valence-electron chi connectivity index (χ0n) is 43.9. The molecular formula is C80H50. The Labute approximate surface area is 464 Å².